The molecule has 6 nitrogen and oxygen atoms in total. The first-order valence-corrected chi connectivity index (χ1v) is 7.54. The van der Waals surface area contributed by atoms with Gasteiger partial charge in [-0.25, -0.2) is 0 Å². The molecule has 1 aromatic carbocycles. The standard InChI is InChI=1S/C17H25N3O3/c1-12(15-7-6-14(22-4)8-16(15)23-5)18-11-17(2,21)13-9-19-20(3)10-13/h6-10,12,18,21H,11H2,1-5H3. The minimum atomic E-state index is -0.998. The molecule has 2 rings (SSSR count). The molecular weight excluding hydrogens is 294 g/mol. The number of ether oxygens (including phenoxy) is 2. The molecule has 1 heterocycles. The monoisotopic (exact) mass is 319 g/mol. The molecular formula is C17H25N3O3. The van der Waals surface area contributed by atoms with E-state index in [4.69, 9.17) is 9.47 Å². The second-order valence-corrected chi connectivity index (χ2v) is 5.89. The first-order valence-electron chi connectivity index (χ1n) is 7.54. The summed E-state index contributed by atoms with van der Waals surface area (Å²) in [6.45, 7) is 4.20. The molecule has 0 aliphatic rings. The fourth-order valence-electron chi connectivity index (χ4n) is 2.44. The van der Waals surface area contributed by atoms with Crippen LogP contribution in [0.5, 0.6) is 11.5 Å². The van der Waals surface area contributed by atoms with E-state index in [1.807, 2.05) is 38.4 Å². The smallest absolute Gasteiger partial charge is 0.127 e. The third-order valence-corrected chi connectivity index (χ3v) is 3.99. The highest BCUT2D eigenvalue weighted by molar-refractivity contribution is 5.42. The molecule has 0 aliphatic carbocycles. The van der Waals surface area contributed by atoms with Crippen molar-refractivity contribution in [2.24, 2.45) is 7.05 Å². The first-order chi connectivity index (χ1) is 10.9. The van der Waals surface area contributed by atoms with Gasteiger partial charge in [-0.15, -0.1) is 0 Å². The number of aromatic nitrogens is 2. The van der Waals surface area contributed by atoms with Gasteiger partial charge in [0.2, 0.25) is 0 Å². The fourth-order valence-corrected chi connectivity index (χ4v) is 2.44. The zero-order chi connectivity index (χ0) is 17.0. The zero-order valence-electron chi connectivity index (χ0n) is 14.3. The summed E-state index contributed by atoms with van der Waals surface area (Å²) in [6, 6.07) is 5.73. The Bertz CT molecular complexity index is 652. The molecule has 23 heavy (non-hydrogen) atoms. The Morgan fingerprint density at radius 1 is 1.35 bits per heavy atom. The second kappa shape index (κ2) is 7.02. The molecule has 0 amide bonds. The summed E-state index contributed by atoms with van der Waals surface area (Å²) < 4.78 is 12.3. The molecule has 0 saturated heterocycles. The summed E-state index contributed by atoms with van der Waals surface area (Å²) in [7, 11) is 5.09. The van der Waals surface area contributed by atoms with Crippen LogP contribution in [0.3, 0.4) is 0 Å². The Morgan fingerprint density at radius 3 is 2.65 bits per heavy atom. The van der Waals surface area contributed by atoms with Gasteiger partial charge in [-0.2, -0.15) is 5.10 Å². The third-order valence-electron chi connectivity index (χ3n) is 3.99. The second-order valence-electron chi connectivity index (χ2n) is 5.89. The number of aryl methyl sites for hydroxylation is 1. The quantitative estimate of drug-likeness (QED) is 0.817. The van der Waals surface area contributed by atoms with E-state index in [1.54, 1.807) is 32.0 Å². The van der Waals surface area contributed by atoms with E-state index >= 15 is 0 Å². The SMILES string of the molecule is COc1ccc(C(C)NCC(C)(O)c2cnn(C)c2)c(OC)c1. The topological polar surface area (TPSA) is 68.5 Å². The summed E-state index contributed by atoms with van der Waals surface area (Å²) in [6.07, 6.45) is 3.50. The number of methoxy groups -OCH3 is 2. The number of benzene rings is 1. The highest BCUT2D eigenvalue weighted by Crippen LogP contribution is 2.30. The molecule has 2 unspecified atom stereocenters. The van der Waals surface area contributed by atoms with Crippen LogP contribution < -0.4 is 14.8 Å². The molecule has 6 heteroatoms. The molecule has 0 saturated carbocycles. The van der Waals surface area contributed by atoms with Crippen LogP contribution in [0.15, 0.2) is 30.6 Å². The number of rotatable bonds is 7. The fraction of sp³-hybridized carbons (Fsp3) is 0.471. The van der Waals surface area contributed by atoms with Crippen LogP contribution in [0, 0.1) is 0 Å². The third kappa shape index (κ3) is 4.03. The summed E-state index contributed by atoms with van der Waals surface area (Å²) in [5, 5.41) is 18.1. The zero-order valence-corrected chi connectivity index (χ0v) is 14.3. The molecule has 2 atom stereocenters. The lowest BCUT2D eigenvalue weighted by Gasteiger charge is -2.26. The van der Waals surface area contributed by atoms with Crippen LogP contribution >= 0.6 is 0 Å². The Kier molecular flexibility index (Phi) is 5.28. The Labute approximate surface area is 137 Å². The van der Waals surface area contributed by atoms with Gasteiger partial charge in [0.15, 0.2) is 0 Å². The molecule has 0 fully saturated rings. The molecule has 2 N–H and O–H groups in total. The van der Waals surface area contributed by atoms with Gasteiger partial charge >= 0.3 is 0 Å². The van der Waals surface area contributed by atoms with Gasteiger partial charge in [-0.1, -0.05) is 6.07 Å². The minimum Gasteiger partial charge on any atom is -0.497 e. The molecule has 0 spiro atoms. The van der Waals surface area contributed by atoms with Gasteiger partial charge in [0, 0.05) is 43.0 Å². The molecule has 0 bridgehead atoms. The van der Waals surface area contributed by atoms with Crippen molar-refractivity contribution in [3.63, 3.8) is 0 Å². The number of aliphatic hydroxyl groups is 1. The van der Waals surface area contributed by atoms with Crippen molar-refractivity contribution in [2.75, 3.05) is 20.8 Å². The summed E-state index contributed by atoms with van der Waals surface area (Å²) in [5.74, 6) is 1.51. The van der Waals surface area contributed by atoms with Gasteiger partial charge in [0.05, 0.1) is 20.4 Å². The highest BCUT2D eigenvalue weighted by Gasteiger charge is 2.25. The van der Waals surface area contributed by atoms with Crippen LogP contribution in [0.1, 0.15) is 31.0 Å². The van der Waals surface area contributed by atoms with Crippen molar-refractivity contribution in [1.82, 2.24) is 15.1 Å². The maximum Gasteiger partial charge on any atom is 0.127 e. The van der Waals surface area contributed by atoms with Gasteiger partial charge in [0.1, 0.15) is 17.1 Å². The van der Waals surface area contributed by atoms with E-state index in [2.05, 4.69) is 10.4 Å². The van der Waals surface area contributed by atoms with E-state index < -0.39 is 5.60 Å². The molecule has 1 aromatic heterocycles. The molecule has 0 aliphatic heterocycles. The summed E-state index contributed by atoms with van der Waals surface area (Å²) >= 11 is 0. The van der Waals surface area contributed by atoms with Gasteiger partial charge < -0.3 is 19.9 Å². The molecule has 126 valence electrons. The van der Waals surface area contributed by atoms with Crippen LogP contribution in [0.25, 0.3) is 0 Å². The Balaban J connectivity index is 2.08. The predicted octanol–water partition coefficient (Wildman–Crippen LogP) is 2.00. The van der Waals surface area contributed by atoms with Crippen LogP contribution in [-0.2, 0) is 12.6 Å². The Morgan fingerprint density at radius 2 is 2.09 bits per heavy atom. The van der Waals surface area contributed by atoms with E-state index in [-0.39, 0.29) is 6.04 Å². The number of hydrogen-bond acceptors (Lipinski definition) is 5. The number of nitrogens with one attached hydrogen (secondary N) is 1. The van der Waals surface area contributed by atoms with Crippen molar-refractivity contribution in [3.05, 3.63) is 41.7 Å². The van der Waals surface area contributed by atoms with E-state index in [1.165, 1.54) is 0 Å². The van der Waals surface area contributed by atoms with Gasteiger partial charge in [-0.05, 0) is 19.9 Å². The summed E-state index contributed by atoms with van der Waals surface area (Å²) in [5.41, 5.74) is 0.791. The van der Waals surface area contributed by atoms with Crippen LogP contribution in [0.4, 0.5) is 0 Å². The Hall–Kier alpha value is -2.05. The van der Waals surface area contributed by atoms with Crippen molar-refractivity contribution in [3.8, 4) is 11.5 Å². The number of hydrogen-bond donors (Lipinski definition) is 2. The van der Waals surface area contributed by atoms with Gasteiger partial charge in [-0.3, -0.25) is 4.68 Å². The average Bonchev–Trinajstić information content (AvgIpc) is 2.99. The first kappa shape index (κ1) is 17.3. The predicted molar refractivity (Wildman–Crippen MR) is 88.7 cm³/mol. The largest absolute Gasteiger partial charge is 0.497 e. The highest BCUT2D eigenvalue weighted by atomic mass is 16.5. The maximum absolute atomic E-state index is 10.6. The lowest BCUT2D eigenvalue weighted by molar-refractivity contribution is 0.0542. The normalized spacial score (nSPS) is 15.0. The van der Waals surface area contributed by atoms with Crippen molar-refractivity contribution < 1.29 is 14.6 Å². The molecule has 2 aromatic rings. The van der Waals surface area contributed by atoms with Crippen molar-refractivity contribution in [1.29, 1.82) is 0 Å². The van der Waals surface area contributed by atoms with E-state index in [0.29, 0.717) is 6.54 Å². The molecule has 0 radical (unpaired) electrons. The van der Waals surface area contributed by atoms with Crippen molar-refractivity contribution >= 4 is 0 Å². The minimum absolute atomic E-state index is 0.0130. The van der Waals surface area contributed by atoms with Gasteiger partial charge in [0.25, 0.3) is 0 Å². The maximum atomic E-state index is 10.6. The lowest BCUT2D eigenvalue weighted by atomic mass is 9.98. The van der Waals surface area contributed by atoms with Crippen LogP contribution in [-0.4, -0.2) is 35.7 Å². The van der Waals surface area contributed by atoms with E-state index in [0.717, 1.165) is 22.6 Å². The lowest BCUT2D eigenvalue weighted by Crippen LogP contribution is -2.36. The summed E-state index contributed by atoms with van der Waals surface area (Å²) in [4.78, 5) is 0. The van der Waals surface area contributed by atoms with E-state index in [9.17, 15) is 5.11 Å². The van der Waals surface area contributed by atoms with Crippen molar-refractivity contribution in [2.45, 2.75) is 25.5 Å². The number of nitrogens with zero attached hydrogens (tertiary/aromatic N) is 2. The van der Waals surface area contributed by atoms with Crippen LogP contribution in [0.2, 0.25) is 0 Å². The average molecular weight is 319 g/mol.